The van der Waals surface area contributed by atoms with Gasteiger partial charge in [0.15, 0.2) is 17.1 Å². The van der Waals surface area contributed by atoms with Gasteiger partial charge in [-0.05, 0) is 18.2 Å². The number of nitrogen functional groups attached to an aromatic ring is 1. The number of pyridine rings is 1. The Hall–Kier alpha value is -3.94. The number of hydrogen-bond acceptors (Lipinski definition) is 6. The van der Waals surface area contributed by atoms with Crippen molar-refractivity contribution < 1.29 is 9.84 Å². The Kier molecular flexibility index (Phi) is 3.96. The van der Waals surface area contributed by atoms with E-state index in [9.17, 15) is 15.6 Å². The monoisotopic (exact) mass is 389 g/mol. The van der Waals surface area contributed by atoms with E-state index in [1.807, 2.05) is 18.2 Å². The van der Waals surface area contributed by atoms with E-state index in [1.165, 1.54) is 19.2 Å². The number of rotatable bonds is 2. The SMILES string of the molecule is COc1cc(-c2c(C#N)c(N)n3c(nc4ccccc43)c2C#N)c(Cl)cc1O. The van der Waals surface area contributed by atoms with E-state index in [2.05, 4.69) is 17.1 Å². The number of aromatic nitrogens is 2. The maximum Gasteiger partial charge on any atom is 0.161 e. The number of methoxy groups -OCH3 is 1. The van der Waals surface area contributed by atoms with Crippen molar-refractivity contribution in [1.82, 2.24) is 9.38 Å². The number of hydrogen-bond donors (Lipinski definition) is 2. The van der Waals surface area contributed by atoms with Gasteiger partial charge in [-0.2, -0.15) is 10.5 Å². The summed E-state index contributed by atoms with van der Waals surface area (Å²) in [6.07, 6.45) is 0. The molecule has 136 valence electrons. The van der Waals surface area contributed by atoms with Crippen LogP contribution >= 0.6 is 11.6 Å². The van der Waals surface area contributed by atoms with Crippen molar-refractivity contribution in [1.29, 1.82) is 10.5 Å². The zero-order valence-electron chi connectivity index (χ0n) is 14.6. The predicted molar refractivity (Wildman–Crippen MR) is 105 cm³/mol. The smallest absolute Gasteiger partial charge is 0.161 e. The van der Waals surface area contributed by atoms with Crippen LogP contribution in [0.4, 0.5) is 5.82 Å². The maximum atomic E-state index is 9.96. The number of imidazole rings is 1. The first kappa shape index (κ1) is 17.5. The average Bonchev–Trinajstić information content (AvgIpc) is 3.08. The fourth-order valence-electron chi connectivity index (χ4n) is 3.30. The van der Waals surface area contributed by atoms with E-state index in [0.29, 0.717) is 22.2 Å². The highest BCUT2D eigenvalue weighted by Crippen LogP contribution is 2.42. The molecule has 0 unspecified atom stereocenters. The molecule has 0 fully saturated rings. The predicted octanol–water partition coefficient (Wildman–Crippen LogP) is 3.85. The van der Waals surface area contributed by atoms with Gasteiger partial charge < -0.3 is 15.6 Å². The van der Waals surface area contributed by atoms with Crippen molar-refractivity contribution in [3.8, 4) is 34.8 Å². The molecule has 7 nitrogen and oxygen atoms in total. The van der Waals surface area contributed by atoms with E-state index in [0.717, 1.165) is 0 Å². The highest BCUT2D eigenvalue weighted by molar-refractivity contribution is 6.33. The van der Waals surface area contributed by atoms with Crippen LogP contribution in [-0.4, -0.2) is 21.6 Å². The van der Waals surface area contributed by atoms with Gasteiger partial charge in [0.1, 0.15) is 29.1 Å². The molecule has 0 spiro atoms. The standard InChI is InChI=1S/C20H12ClN5O2/c1-28-17-6-10(13(21)7-16(17)27)18-11(8-22)19(24)26-15-5-3-2-4-14(15)25-20(26)12(18)9-23/h2-7,27H,24H2,1H3. The first-order valence-corrected chi connectivity index (χ1v) is 8.49. The van der Waals surface area contributed by atoms with Gasteiger partial charge >= 0.3 is 0 Å². The fraction of sp³-hybridized carbons (Fsp3) is 0.0500. The highest BCUT2D eigenvalue weighted by Gasteiger charge is 2.25. The Morgan fingerprint density at radius 3 is 2.57 bits per heavy atom. The lowest BCUT2D eigenvalue weighted by Gasteiger charge is -2.15. The van der Waals surface area contributed by atoms with Gasteiger partial charge in [0.2, 0.25) is 0 Å². The average molecular weight is 390 g/mol. The Bertz CT molecular complexity index is 1360. The van der Waals surface area contributed by atoms with Gasteiger partial charge in [-0.3, -0.25) is 4.40 Å². The molecule has 0 aliphatic carbocycles. The molecular formula is C20H12ClN5O2. The molecule has 4 rings (SSSR count). The first-order valence-electron chi connectivity index (χ1n) is 8.11. The number of phenolic OH excluding ortho intramolecular Hbond substituents is 1. The van der Waals surface area contributed by atoms with E-state index >= 15 is 0 Å². The summed E-state index contributed by atoms with van der Waals surface area (Å²) in [6.45, 7) is 0. The number of nitrogens with two attached hydrogens (primary N) is 1. The number of phenols is 1. The number of ether oxygens (including phenoxy) is 1. The molecule has 3 N–H and O–H groups in total. The molecule has 0 atom stereocenters. The molecule has 0 saturated carbocycles. The molecule has 2 aromatic heterocycles. The van der Waals surface area contributed by atoms with Crippen LogP contribution in [0.1, 0.15) is 11.1 Å². The maximum absolute atomic E-state index is 9.96. The summed E-state index contributed by atoms with van der Waals surface area (Å²) >= 11 is 6.33. The lowest BCUT2D eigenvalue weighted by Crippen LogP contribution is -2.06. The molecule has 0 saturated heterocycles. The van der Waals surface area contributed by atoms with Crippen LogP contribution in [0.15, 0.2) is 36.4 Å². The summed E-state index contributed by atoms with van der Waals surface area (Å²) in [7, 11) is 1.39. The number of benzene rings is 2. The summed E-state index contributed by atoms with van der Waals surface area (Å²) in [4.78, 5) is 4.53. The van der Waals surface area contributed by atoms with Gasteiger partial charge in [0, 0.05) is 17.2 Å². The second kappa shape index (κ2) is 6.34. The van der Waals surface area contributed by atoms with Gasteiger partial charge in [-0.1, -0.05) is 23.7 Å². The second-order valence-corrected chi connectivity index (χ2v) is 6.40. The number of halogens is 1. The molecule has 0 amide bonds. The van der Waals surface area contributed by atoms with E-state index < -0.39 is 0 Å². The number of nitrogens with zero attached hydrogens (tertiary/aromatic N) is 4. The minimum absolute atomic E-state index is 0.0850. The number of fused-ring (bicyclic) bond motifs is 3. The summed E-state index contributed by atoms with van der Waals surface area (Å²) in [5.74, 6) is 0.135. The van der Waals surface area contributed by atoms with Crippen molar-refractivity contribution in [2.45, 2.75) is 0 Å². The minimum Gasteiger partial charge on any atom is -0.504 e. The minimum atomic E-state index is -0.158. The van der Waals surface area contributed by atoms with Crippen molar-refractivity contribution in [3.63, 3.8) is 0 Å². The summed E-state index contributed by atoms with van der Waals surface area (Å²) in [5.41, 5.74) is 8.78. The zero-order chi connectivity index (χ0) is 20.0. The van der Waals surface area contributed by atoms with Crippen LogP contribution in [-0.2, 0) is 0 Å². The van der Waals surface area contributed by atoms with E-state index in [-0.39, 0.29) is 39.0 Å². The Morgan fingerprint density at radius 1 is 1.18 bits per heavy atom. The molecule has 2 heterocycles. The van der Waals surface area contributed by atoms with Crippen molar-refractivity contribution in [3.05, 3.63) is 52.5 Å². The van der Waals surface area contributed by atoms with E-state index in [4.69, 9.17) is 22.1 Å². The molecule has 28 heavy (non-hydrogen) atoms. The van der Waals surface area contributed by atoms with Crippen LogP contribution in [0, 0.1) is 22.7 Å². The lowest BCUT2D eigenvalue weighted by molar-refractivity contribution is 0.373. The summed E-state index contributed by atoms with van der Waals surface area (Å²) < 4.78 is 6.73. The van der Waals surface area contributed by atoms with Crippen molar-refractivity contribution in [2.24, 2.45) is 0 Å². The molecule has 8 heteroatoms. The second-order valence-electron chi connectivity index (χ2n) is 6.00. The molecule has 4 aromatic rings. The van der Waals surface area contributed by atoms with Crippen molar-refractivity contribution in [2.75, 3.05) is 12.8 Å². The van der Waals surface area contributed by atoms with Gasteiger partial charge in [-0.25, -0.2) is 4.98 Å². The molecule has 0 aliphatic heterocycles. The molecular weight excluding hydrogens is 378 g/mol. The quantitative estimate of drug-likeness (QED) is 0.537. The van der Waals surface area contributed by atoms with Crippen LogP contribution < -0.4 is 10.5 Å². The number of para-hydroxylation sites is 2. The van der Waals surface area contributed by atoms with Gasteiger partial charge in [0.05, 0.1) is 23.2 Å². The number of anilines is 1. The summed E-state index contributed by atoms with van der Waals surface area (Å²) in [6, 6.07) is 14.2. The zero-order valence-corrected chi connectivity index (χ0v) is 15.3. The molecule has 0 bridgehead atoms. The van der Waals surface area contributed by atoms with Gasteiger partial charge in [-0.15, -0.1) is 0 Å². The van der Waals surface area contributed by atoms with Crippen LogP contribution in [0.5, 0.6) is 11.5 Å². The molecule has 0 aliphatic rings. The normalized spacial score (nSPS) is 10.7. The fourth-order valence-corrected chi connectivity index (χ4v) is 3.55. The largest absolute Gasteiger partial charge is 0.504 e. The molecule has 0 radical (unpaired) electrons. The van der Waals surface area contributed by atoms with Crippen molar-refractivity contribution >= 4 is 34.1 Å². The van der Waals surface area contributed by atoms with E-state index in [1.54, 1.807) is 10.5 Å². The third-order valence-electron chi connectivity index (χ3n) is 4.54. The number of aromatic hydroxyl groups is 1. The third kappa shape index (κ3) is 2.31. The van der Waals surface area contributed by atoms with Crippen LogP contribution in [0.25, 0.3) is 27.8 Å². The first-order chi connectivity index (χ1) is 13.5. The van der Waals surface area contributed by atoms with Crippen LogP contribution in [0.3, 0.4) is 0 Å². The van der Waals surface area contributed by atoms with Crippen LogP contribution in [0.2, 0.25) is 5.02 Å². The van der Waals surface area contributed by atoms with Gasteiger partial charge in [0.25, 0.3) is 0 Å². The Labute approximate surface area is 164 Å². The summed E-state index contributed by atoms with van der Waals surface area (Å²) in [5, 5.41) is 29.8. The Morgan fingerprint density at radius 2 is 1.89 bits per heavy atom. The Balaban J connectivity index is 2.24. The molecule has 2 aromatic carbocycles. The number of nitriles is 2. The third-order valence-corrected chi connectivity index (χ3v) is 4.86. The topological polar surface area (TPSA) is 120 Å². The highest BCUT2D eigenvalue weighted by atomic mass is 35.5. The lowest BCUT2D eigenvalue weighted by atomic mass is 9.95.